The zero-order valence-corrected chi connectivity index (χ0v) is 11.0. The molecule has 3 heteroatoms. The molecular formula is C15H21FO2. The Morgan fingerprint density at radius 2 is 1.94 bits per heavy atom. The first-order chi connectivity index (χ1) is 8.61. The van der Waals surface area contributed by atoms with Gasteiger partial charge in [0.1, 0.15) is 0 Å². The summed E-state index contributed by atoms with van der Waals surface area (Å²) in [6.45, 7) is 2.25. The summed E-state index contributed by atoms with van der Waals surface area (Å²) < 4.78 is 18.5. The highest BCUT2D eigenvalue weighted by atomic mass is 19.1. The van der Waals surface area contributed by atoms with E-state index in [1.165, 1.54) is 13.2 Å². The minimum atomic E-state index is -0.557. The molecule has 0 saturated heterocycles. The van der Waals surface area contributed by atoms with Gasteiger partial charge in [0, 0.05) is 0 Å². The van der Waals surface area contributed by atoms with Crippen molar-refractivity contribution in [3.05, 3.63) is 29.6 Å². The monoisotopic (exact) mass is 252 g/mol. The van der Waals surface area contributed by atoms with Gasteiger partial charge in [0.15, 0.2) is 11.6 Å². The van der Waals surface area contributed by atoms with Crippen LogP contribution >= 0.6 is 0 Å². The Morgan fingerprint density at radius 3 is 2.50 bits per heavy atom. The summed E-state index contributed by atoms with van der Waals surface area (Å²) in [5, 5.41) is 10.3. The van der Waals surface area contributed by atoms with E-state index in [-0.39, 0.29) is 11.7 Å². The second kappa shape index (κ2) is 5.70. The summed E-state index contributed by atoms with van der Waals surface area (Å²) in [7, 11) is 1.44. The number of rotatable bonds is 3. The first kappa shape index (κ1) is 13.3. The van der Waals surface area contributed by atoms with E-state index < -0.39 is 11.9 Å². The maximum absolute atomic E-state index is 13.6. The van der Waals surface area contributed by atoms with E-state index in [1.807, 2.05) is 0 Å². The van der Waals surface area contributed by atoms with Crippen LogP contribution in [0.2, 0.25) is 0 Å². The van der Waals surface area contributed by atoms with E-state index in [9.17, 15) is 9.50 Å². The number of halogens is 1. The molecule has 0 aliphatic heterocycles. The predicted molar refractivity (Wildman–Crippen MR) is 69.0 cm³/mol. The van der Waals surface area contributed by atoms with E-state index in [4.69, 9.17) is 4.74 Å². The molecule has 2 rings (SSSR count). The molecule has 1 atom stereocenters. The third-order valence-corrected chi connectivity index (χ3v) is 4.02. The summed E-state index contributed by atoms with van der Waals surface area (Å²) in [5.74, 6) is 0.830. The quantitative estimate of drug-likeness (QED) is 0.889. The van der Waals surface area contributed by atoms with Gasteiger partial charge in [-0.1, -0.05) is 25.8 Å². The van der Waals surface area contributed by atoms with Crippen LogP contribution in [0, 0.1) is 17.7 Å². The number of ether oxygens (including phenoxy) is 1. The van der Waals surface area contributed by atoms with E-state index >= 15 is 0 Å². The molecular weight excluding hydrogens is 231 g/mol. The molecule has 100 valence electrons. The van der Waals surface area contributed by atoms with Gasteiger partial charge in [0.2, 0.25) is 0 Å². The minimum absolute atomic E-state index is 0.225. The van der Waals surface area contributed by atoms with Crippen molar-refractivity contribution in [3.8, 4) is 5.75 Å². The van der Waals surface area contributed by atoms with Crippen LogP contribution in [0.1, 0.15) is 44.3 Å². The van der Waals surface area contributed by atoms with Gasteiger partial charge in [0.05, 0.1) is 13.2 Å². The Kier molecular flexibility index (Phi) is 4.23. The summed E-state index contributed by atoms with van der Waals surface area (Å²) in [6, 6.07) is 4.73. The van der Waals surface area contributed by atoms with Crippen LogP contribution in [-0.2, 0) is 0 Å². The van der Waals surface area contributed by atoms with Gasteiger partial charge in [0.25, 0.3) is 0 Å². The van der Waals surface area contributed by atoms with Crippen molar-refractivity contribution in [2.45, 2.75) is 38.7 Å². The van der Waals surface area contributed by atoms with E-state index in [1.54, 1.807) is 12.1 Å². The second-order valence-electron chi connectivity index (χ2n) is 5.36. The Morgan fingerprint density at radius 1 is 1.28 bits per heavy atom. The Hall–Kier alpha value is -1.09. The van der Waals surface area contributed by atoms with E-state index in [0.29, 0.717) is 5.56 Å². The van der Waals surface area contributed by atoms with Crippen molar-refractivity contribution in [3.63, 3.8) is 0 Å². The normalized spacial score (nSPS) is 25.8. The van der Waals surface area contributed by atoms with Gasteiger partial charge in [-0.05, 0) is 42.4 Å². The SMILES string of the molecule is COc1ccc(C(O)C2CCC(C)CC2)cc1F. The van der Waals surface area contributed by atoms with Crippen LogP contribution in [0.25, 0.3) is 0 Å². The van der Waals surface area contributed by atoms with Crippen molar-refractivity contribution in [2.24, 2.45) is 11.8 Å². The number of aliphatic hydroxyl groups excluding tert-OH is 1. The van der Waals surface area contributed by atoms with Crippen LogP contribution < -0.4 is 4.74 Å². The fourth-order valence-electron chi connectivity index (χ4n) is 2.74. The number of hydrogen-bond acceptors (Lipinski definition) is 2. The van der Waals surface area contributed by atoms with Crippen LogP contribution in [0.15, 0.2) is 18.2 Å². The molecule has 1 aliphatic carbocycles. The molecule has 0 radical (unpaired) electrons. The van der Waals surface area contributed by atoms with Crippen molar-refractivity contribution in [1.82, 2.24) is 0 Å². The molecule has 1 saturated carbocycles. The van der Waals surface area contributed by atoms with Gasteiger partial charge >= 0.3 is 0 Å². The molecule has 0 aromatic heterocycles. The Bertz CT molecular complexity index is 397. The molecule has 1 unspecified atom stereocenters. The molecule has 0 amide bonds. The third-order valence-electron chi connectivity index (χ3n) is 4.02. The van der Waals surface area contributed by atoms with Crippen LogP contribution in [0.4, 0.5) is 4.39 Å². The Labute approximate surface area is 108 Å². The lowest BCUT2D eigenvalue weighted by Gasteiger charge is -2.30. The first-order valence-electron chi connectivity index (χ1n) is 6.63. The molecule has 1 aliphatic rings. The van der Waals surface area contributed by atoms with Crippen molar-refractivity contribution in [1.29, 1.82) is 0 Å². The lowest BCUT2D eigenvalue weighted by Crippen LogP contribution is -2.19. The first-order valence-corrected chi connectivity index (χ1v) is 6.63. The van der Waals surface area contributed by atoms with Gasteiger partial charge in [-0.2, -0.15) is 0 Å². The molecule has 1 aromatic carbocycles. The van der Waals surface area contributed by atoms with Gasteiger partial charge < -0.3 is 9.84 Å². The number of methoxy groups -OCH3 is 1. The highest BCUT2D eigenvalue weighted by Gasteiger charge is 2.26. The van der Waals surface area contributed by atoms with Crippen molar-refractivity contribution < 1.29 is 14.2 Å². The van der Waals surface area contributed by atoms with Gasteiger partial charge in [-0.3, -0.25) is 0 Å². The minimum Gasteiger partial charge on any atom is -0.494 e. The largest absolute Gasteiger partial charge is 0.494 e. The van der Waals surface area contributed by atoms with Crippen LogP contribution in [0.5, 0.6) is 5.75 Å². The average molecular weight is 252 g/mol. The van der Waals surface area contributed by atoms with Crippen LogP contribution in [-0.4, -0.2) is 12.2 Å². The van der Waals surface area contributed by atoms with Gasteiger partial charge in [-0.15, -0.1) is 0 Å². The lowest BCUT2D eigenvalue weighted by molar-refractivity contribution is 0.0752. The molecule has 1 fully saturated rings. The Balaban J connectivity index is 2.08. The zero-order valence-electron chi connectivity index (χ0n) is 11.0. The fraction of sp³-hybridized carbons (Fsp3) is 0.600. The maximum atomic E-state index is 13.6. The maximum Gasteiger partial charge on any atom is 0.165 e. The zero-order chi connectivity index (χ0) is 13.1. The summed E-state index contributed by atoms with van der Waals surface area (Å²) >= 11 is 0. The number of benzene rings is 1. The van der Waals surface area contributed by atoms with Crippen LogP contribution in [0.3, 0.4) is 0 Å². The summed E-state index contributed by atoms with van der Waals surface area (Å²) in [5.41, 5.74) is 0.660. The fourth-order valence-corrected chi connectivity index (χ4v) is 2.74. The third kappa shape index (κ3) is 2.83. The molecule has 0 spiro atoms. The van der Waals surface area contributed by atoms with Crippen molar-refractivity contribution in [2.75, 3.05) is 7.11 Å². The molecule has 0 heterocycles. The summed E-state index contributed by atoms with van der Waals surface area (Å²) in [6.07, 6.45) is 3.80. The molecule has 0 bridgehead atoms. The highest BCUT2D eigenvalue weighted by Crippen LogP contribution is 2.37. The molecule has 1 aromatic rings. The van der Waals surface area contributed by atoms with E-state index in [0.717, 1.165) is 31.6 Å². The smallest absolute Gasteiger partial charge is 0.165 e. The predicted octanol–water partition coefficient (Wildman–Crippen LogP) is 3.69. The highest BCUT2D eigenvalue weighted by molar-refractivity contribution is 5.30. The summed E-state index contributed by atoms with van der Waals surface area (Å²) in [4.78, 5) is 0. The van der Waals surface area contributed by atoms with Crippen molar-refractivity contribution >= 4 is 0 Å². The van der Waals surface area contributed by atoms with Gasteiger partial charge in [-0.25, -0.2) is 4.39 Å². The second-order valence-corrected chi connectivity index (χ2v) is 5.36. The average Bonchev–Trinajstić information content (AvgIpc) is 2.38. The number of hydrogen-bond donors (Lipinski definition) is 1. The topological polar surface area (TPSA) is 29.5 Å². The molecule has 1 N–H and O–H groups in total. The standard InChI is InChI=1S/C15H21FO2/c1-10-3-5-11(6-4-10)15(17)12-7-8-14(18-2)13(16)9-12/h7-11,15,17H,3-6H2,1-2H3. The molecule has 18 heavy (non-hydrogen) atoms. The van der Waals surface area contributed by atoms with E-state index in [2.05, 4.69) is 6.92 Å². The number of aliphatic hydroxyl groups is 1. The molecule has 2 nitrogen and oxygen atoms in total. The lowest BCUT2D eigenvalue weighted by atomic mass is 9.78.